The minimum Gasteiger partial charge on any atom is -0.312 e. The van der Waals surface area contributed by atoms with Crippen LogP contribution in [-0.4, -0.2) is 16.5 Å². The highest BCUT2D eigenvalue weighted by Crippen LogP contribution is 2.36. The molecule has 3 rings (SSSR count). The first-order chi connectivity index (χ1) is 9.70. The molecule has 0 heterocycles. The summed E-state index contributed by atoms with van der Waals surface area (Å²) in [6, 6.07) is 15.8. The highest BCUT2D eigenvalue weighted by Gasteiger charge is 2.35. The third kappa shape index (κ3) is 2.41. The number of rotatable bonds is 3. The smallest absolute Gasteiger partial charge is 0.0629 e. The maximum Gasteiger partial charge on any atom is 0.0629 e. The van der Waals surface area contributed by atoms with E-state index in [0.717, 1.165) is 11.3 Å². The molecule has 3 atom stereocenters. The first kappa shape index (κ1) is 13.8. The van der Waals surface area contributed by atoms with Crippen LogP contribution >= 0.6 is 11.6 Å². The first-order valence-corrected chi connectivity index (χ1v) is 8.21. The normalized spacial score (nSPS) is 22.5. The summed E-state index contributed by atoms with van der Waals surface area (Å²) in [6.45, 7) is 0. The molecule has 20 heavy (non-hydrogen) atoms. The van der Waals surface area contributed by atoms with Crippen molar-refractivity contribution in [1.82, 2.24) is 5.32 Å². The summed E-state index contributed by atoms with van der Waals surface area (Å²) < 4.78 is 12.8. The molecule has 0 saturated heterocycles. The van der Waals surface area contributed by atoms with E-state index < -0.39 is 10.8 Å². The Hall–Kier alpha value is -1.16. The van der Waals surface area contributed by atoms with Gasteiger partial charge in [0, 0.05) is 16.0 Å². The Kier molecular flexibility index (Phi) is 3.92. The van der Waals surface area contributed by atoms with Crippen LogP contribution in [0.25, 0.3) is 0 Å². The van der Waals surface area contributed by atoms with Crippen LogP contribution < -0.4 is 5.32 Å². The number of fused-ring (bicyclic) bond motifs is 1. The van der Waals surface area contributed by atoms with Crippen LogP contribution in [0.5, 0.6) is 0 Å². The van der Waals surface area contributed by atoms with Crippen LogP contribution in [0.1, 0.15) is 17.2 Å². The van der Waals surface area contributed by atoms with Crippen LogP contribution in [-0.2, 0) is 17.2 Å². The van der Waals surface area contributed by atoms with E-state index in [-0.39, 0.29) is 11.3 Å². The van der Waals surface area contributed by atoms with E-state index in [1.54, 1.807) is 12.1 Å². The minimum absolute atomic E-state index is 0.0681. The molecule has 3 unspecified atom stereocenters. The Morgan fingerprint density at radius 3 is 2.55 bits per heavy atom. The van der Waals surface area contributed by atoms with Crippen LogP contribution in [0.3, 0.4) is 0 Å². The Labute approximate surface area is 126 Å². The number of benzene rings is 2. The lowest BCUT2D eigenvalue weighted by Gasteiger charge is -2.19. The third-order valence-electron chi connectivity index (χ3n) is 3.81. The molecule has 1 aliphatic carbocycles. The largest absolute Gasteiger partial charge is 0.312 e. The van der Waals surface area contributed by atoms with Crippen LogP contribution in [0.4, 0.5) is 0 Å². The second-order valence-electron chi connectivity index (χ2n) is 4.96. The van der Waals surface area contributed by atoms with Crippen molar-refractivity contribution < 1.29 is 4.21 Å². The van der Waals surface area contributed by atoms with E-state index in [1.165, 1.54) is 11.1 Å². The quantitative estimate of drug-likeness (QED) is 0.942. The molecule has 1 aliphatic rings. The predicted octanol–water partition coefficient (Wildman–Crippen LogP) is 3.33. The summed E-state index contributed by atoms with van der Waals surface area (Å²) in [4.78, 5) is 0.840. The van der Waals surface area contributed by atoms with Crippen molar-refractivity contribution >= 4 is 22.4 Å². The topological polar surface area (TPSA) is 29.1 Å². The molecule has 104 valence electrons. The van der Waals surface area contributed by atoms with Gasteiger partial charge in [-0.15, -0.1) is 0 Å². The van der Waals surface area contributed by atoms with Gasteiger partial charge in [-0.3, -0.25) is 4.21 Å². The fourth-order valence-corrected chi connectivity index (χ4v) is 4.58. The molecule has 0 aliphatic heterocycles. The molecule has 0 spiro atoms. The van der Waals surface area contributed by atoms with E-state index in [1.807, 2.05) is 31.3 Å². The van der Waals surface area contributed by atoms with Gasteiger partial charge < -0.3 is 5.32 Å². The van der Waals surface area contributed by atoms with Crippen LogP contribution in [0, 0.1) is 0 Å². The maximum absolute atomic E-state index is 12.8. The molecule has 0 fully saturated rings. The molecular weight excluding hydrogens is 290 g/mol. The van der Waals surface area contributed by atoms with Crippen molar-refractivity contribution in [2.24, 2.45) is 0 Å². The van der Waals surface area contributed by atoms with Gasteiger partial charge in [-0.1, -0.05) is 35.9 Å². The summed E-state index contributed by atoms with van der Waals surface area (Å²) in [5, 5.41) is 4.05. The van der Waals surface area contributed by atoms with Gasteiger partial charge in [0.05, 0.1) is 16.0 Å². The first-order valence-electron chi connectivity index (χ1n) is 6.62. The SMILES string of the molecule is CNC1c2ccccc2CC1S(=O)c1ccc(Cl)cc1. The zero-order chi connectivity index (χ0) is 14.1. The summed E-state index contributed by atoms with van der Waals surface area (Å²) >= 11 is 5.89. The molecule has 2 aromatic carbocycles. The number of hydrogen-bond donors (Lipinski definition) is 1. The summed E-state index contributed by atoms with van der Waals surface area (Å²) in [7, 11) is 0.885. The molecule has 0 radical (unpaired) electrons. The number of halogens is 1. The highest BCUT2D eigenvalue weighted by atomic mass is 35.5. The van der Waals surface area contributed by atoms with Crippen molar-refractivity contribution in [1.29, 1.82) is 0 Å². The van der Waals surface area contributed by atoms with E-state index in [0.29, 0.717) is 5.02 Å². The lowest BCUT2D eigenvalue weighted by atomic mass is 10.1. The predicted molar refractivity (Wildman–Crippen MR) is 83.6 cm³/mol. The third-order valence-corrected chi connectivity index (χ3v) is 5.79. The average Bonchev–Trinajstić information content (AvgIpc) is 2.85. The zero-order valence-corrected chi connectivity index (χ0v) is 12.7. The van der Waals surface area contributed by atoms with Crippen molar-refractivity contribution in [3.63, 3.8) is 0 Å². The Balaban J connectivity index is 1.92. The van der Waals surface area contributed by atoms with Crippen LogP contribution in [0.15, 0.2) is 53.4 Å². The van der Waals surface area contributed by atoms with Crippen molar-refractivity contribution in [3.05, 3.63) is 64.7 Å². The summed E-state index contributed by atoms with van der Waals surface area (Å²) in [5.41, 5.74) is 2.56. The molecule has 0 amide bonds. The Bertz CT molecular complexity index is 641. The van der Waals surface area contributed by atoms with Crippen molar-refractivity contribution in [2.75, 3.05) is 7.05 Å². The zero-order valence-electron chi connectivity index (χ0n) is 11.2. The molecule has 1 N–H and O–H groups in total. The number of nitrogens with one attached hydrogen (secondary N) is 1. The second-order valence-corrected chi connectivity index (χ2v) is 7.07. The van der Waals surface area contributed by atoms with Gasteiger partial charge in [-0.05, 0) is 48.9 Å². The van der Waals surface area contributed by atoms with Crippen molar-refractivity contribution in [3.8, 4) is 0 Å². The highest BCUT2D eigenvalue weighted by molar-refractivity contribution is 7.85. The molecular formula is C16H16ClNOS. The van der Waals surface area contributed by atoms with Gasteiger partial charge in [0.25, 0.3) is 0 Å². The molecule has 2 nitrogen and oxygen atoms in total. The standard InChI is InChI=1S/C16H16ClNOS/c1-18-16-14-5-3-2-4-11(14)10-15(16)20(19)13-8-6-12(17)7-9-13/h2-9,15-16,18H,10H2,1H3. The van der Waals surface area contributed by atoms with E-state index >= 15 is 0 Å². The van der Waals surface area contributed by atoms with Gasteiger partial charge in [0.15, 0.2) is 0 Å². The Morgan fingerprint density at radius 2 is 1.85 bits per heavy atom. The fourth-order valence-electron chi connectivity index (χ4n) is 2.84. The van der Waals surface area contributed by atoms with E-state index in [2.05, 4.69) is 17.4 Å². The molecule has 0 aromatic heterocycles. The van der Waals surface area contributed by atoms with Gasteiger partial charge in [0.1, 0.15) is 0 Å². The van der Waals surface area contributed by atoms with Gasteiger partial charge >= 0.3 is 0 Å². The van der Waals surface area contributed by atoms with Gasteiger partial charge in [-0.2, -0.15) is 0 Å². The lowest BCUT2D eigenvalue weighted by molar-refractivity contribution is 0.581. The van der Waals surface area contributed by atoms with Gasteiger partial charge in [0.2, 0.25) is 0 Å². The Morgan fingerprint density at radius 1 is 1.15 bits per heavy atom. The summed E-state index contributed by atoms with van der Waals surface area (Å²) in [5.74, 6) is 0. The molecule has 0 saturated carbocycles. The molecule has 4 heteroatoms. The van der Waals surface area contributed by atoms with Crippen molar-refractivity contribution in [2.45, 2.75) is 22.6 Å². The number of hydrogen-bond acceptors (Lipinski definition) is 2. The van der Waals surface area contributed by atoms with Crippen LogP contribution in [0.2, 0.25) is 5.02 Å². The monoisotopic (exact) mass is 305 g/mol. The van der Waals surface area contributed by atoms with E-state index in [9.17, 15) is 4.21 Å². The second kappa shape index (κ2) is 5.68. The summed E-state index contributed by atoms with van der Waals surface area (Å²) in [6.07, 6.45) is 0.844. The molecule has 2 aromatic rings. The lowest BCUT2D eigenvalue weighted by Crippen LogP contribution is -2.29. The van der Waals surface area contributed by atoms with Gasteiger partial charge in [-0.25, -0.2) is 0 Å². The molecule has 0 bridgehead atoms. The maximum atomic E-state index is 12.8. The van der Waals surface area contributed by atoms with E-state index in [4.69, 9.17) is 11.6 Å². The average molecular weight is 306 g/mol. The fraction of sp³-hybridized carbons (Fsp3) is 0.250. The minimum atomic E-state index is -1.04.